The Labute approximate surface area is 243 Å². The first-order valence-corrected chi connectivity index (χ1v) is 12.8. The van der Waals surface area contributed by atoms with Crippen LogP contribution >= 0.6 is 27.5 Å². The number of carbonyl (C=O) groups is 3. The maximum absolute atomic E-state index is 13.3. The van der Waals surface area contributed by atoms with Crippen LogP contribution in [0.2, 0.25) is 5.02 Å². The van der Waals surface area contributed by atoms with Crippen LogP contribution < -0.4 is 30.3 Å². The highest BCUT2D eigenvalue weighted by Crippen LogP contribution is 2.36. The number of nitrogens with zero attached hydrogens (tertiary/aromatic N) is 1. The Morgan fingerprint density at radius 1 is 1.02 bits per heavy atom. The third kappa shape index (κ3) is 8.11. The Kier molecular flexibility index (Phi) is 9.35. The zero-order valence-electron chi connectivity index (χ0n) is 20.7. The lowest BCUT2D eigenvalue weighted by atomic mass is 10.1. The Bertz CT molecular complexity index is 1520. The lowest BCUT2D eigenvalue weighted by Crippen LogP contribution is -2.37. The van der Waals surface area contributed by atoms with Gasteiger partial charge < -0.3 is 24.8 Å². The largest absolute Gasteiger partial charge is 0.483 e. The van der Waals surface area contributed by atoms with Crippen LogP contribution in [0.4, 0.5) is 18.9 Å². The van der Waals surface area contributed by atoms with Gasteiger partial charge in [0.05, 0.1) is 17.5 Å². The fourth-order valence-corrected chi connectivity index (χ4v) is 4.01. The summed E-state index contributed by atoms with van der Waals surface area (Å²) in [5, 5.41) is 8.60. The molecule has 1 aliphatic rings. The number of alkyl halides is 3. The van der Waals surface area contributed by atoms with Crippen LogP contribution in [0, 0.1) is 0 Å². The van der Waals surface area contributed by atoms with Crippen molar-refractivity contribution in [3.8, 4) is 17.2 Å². The van der Waals surface area contributed by atoms with E-state index in [4.69, 9.17) is 25.8 Å². The van der Waals surface area contributed by atoms with E-state index in [1.54, 1.807) is 18.2 Å². The van der Waals surface area contributed by atoms with Gasteiger partial charge in [0, 0.05) is 21.6 Å². The number of rotatable bonds is 8. The molecule has 3 aromatic rings. The van der Waals surface area contributed by atoms with Crippen molar-refractivity contribution in [1.29, 1.82) is 0 Å². The number of fused-ring (bicyclic) bond motifs is 1. The SMILES string of the molecule is O=C(COc1ccc(Cl)cc1/C=N\NC(=O)C(=O)NCc1ccc2c(c1)OCO2)Nc1ccc(Br)cc1C(F)(F)F. The van der Waals surface area contributed by atoms with E-state index in [2.05, 4.69) is 37.1 Å². The van der Waals surface area contributed by atoms with Crippen molar-refractivity contribution in [2.45, 2.75) is 12.7 Å². The van der Waals surface area contributed by atoms with Crippen molar-refractivity contribution < 1.29 is 41.8 Å². The Morgan fingerprint density at radius 3 is 2.59 bits per heavy atom. The van der Waals surface area contributed by atoms with Crippen LogP contribution in [0.15, 0.2) is 64.2 Å². The highest BCUT2D eigenvalue weighted by Gasteiger charge is 2.34. The minimum absolute atomic E-state index is 0.0473. The molecule has 3 N–H and O–H groups in total. The number of hydrogen-bond acceptors (Lipinski definition) is 7. The molecule has 0 spiro atoms. The molecule has 3 amide bonds. The van der Waals surface area contributed by atoms with Crippen LogP contribution in [0.1, 0.15) is 16.7 Å². The number of carbonyl (C=O) groups excluding carboxylic acids is 3. The highest BCUT2D eigenvalue weighted by atomic mass is 79.9. The van der Waals surface area contributed by atoms with Gasteiger partial charge in [-0.2, -0.15) is 18.3 Å². The summed E-state index contributed by atoms with van der Waals surface area (Å²) < 4.78 is 56.1. The Balaban J connectivity index is 1.32. The van der Waals surface area contributed by atoms with Crippen molar-refractivity contribution in [3.63, 3.8) is 0 Å². The van der Waals surface area contributed by atoms with Gasteiger partial charge in [-0.15, -0.1) is 0 Å². The molecule has 10 nitrogen and oxygen atoms in total. The fraction of sp³-hybridized carbons (Fsp3) is 0.154. The van der Waals surface area contributed by atoms with Crippen LogP contribution in [0.25, 0.3) is 0 Å². The summed E-state index contributed by atoms with van der Waals surface area (Å²) in [5.74, 6) is -1.67. The summed E-state index contributed by atoms with van der Waals surface area (Å²) in [6.07, 6.45) is -3.57. The summed E-state index contributed by atoms with van der Waals surface area (Å²) in [5.41, 5.74) is 1.49. The van der Waals surface area contributed by atoms with Crippen LogP contribution in [-0.4, -0.2) is 37.3 Å². The smallest absolute Gasteiger partial charge is 0.418 e. The molecule has 0 radical (unpaired) electrons. The van der Waals surface area contributed by atoms with Crippen molar-refractivity contribution in [3.05, 3.63) is 80.8 Å². The molecule has 1 heterocycles. The Morgan fingerprint density at radius 2 is 1.80 bits per heavy atom. The molecule has 41 heavy (non-hydrogen) atoms. The van der Waals surface area contributed by atoms with E-state index in [9.17, 15) is 27.6 Å². The van der Waals surface area contributed by atoms with Gasteiger partial charge in [-0.05, 0) is 54.1 Å². The van der Waals surface area contributed by atoms with Gasteiger partial charge in [-0.3, -0.25) is 14.4 Å². The van der Waals surface area contributed by atoms with Gasteiger partial charge in [0.25, 0.3) is 5.91 Å². The fourth-order valence-electron chi connectivity index (χ4n) is 3.47. The van der Waals surface area contributed by atoms with E-state index in [-0.39, 0.29) is 34.1 Å². The highest BCUT2D eigenvalue weighted by molar-refractivity contribution is 9.10. The van der Waals surface area contributed by atoms with Gasteiger partial charge >= 0.3 is 18.0 Å². The van der Waals surface area contributed by atoms with Crippen LogP contribution in [-0.2, 0) is 27.1 Å². The minimum Gasteiger partial charge on any atom is -0.483 e. The van der Waals surface area contributed by atoms with E-state index < -0.39 is 41.8 Å². The number of hydrazone groups is 1. The monoisotopic (exact) mass is 654 g/mol. The molecule has 0 aliphatic carbocycles. The van der Waals surface area contributed by atoms with Crippen LogP contribution in [0.5, 0.6) is 17.2 Å². The lowest BCUT2D eigenvalue weighted by Gasteiger charge is -2.15. The van der Waals surface area contributed by atoms with E-state index in [0.717, 1.165) is 18.3 Å². The summed E-state index contributed by atoms with van der Waals surface area (Å²) >= 11 is 8.99. The molecule has 0 saturated carbocycles. The maximum Gasteiger partial charge on any atom is 0.418 e. The normalized spacial score (nSPS) is 12.2. The third-order valence-corrected chi connectivity index (χ3v) is 6.09. The number of benzene rings is 3. The molecule has 3 aromatic carbocycles. The van der Waals surface area contributed by atoms with E-state index in [0.29, 0.717) is 17.1 Å². The lowest BCUT2D eigenvalue weighted by molar-refractivity contribution is -0.139. The number of anilines is 1. The molecule has 4 rings (SSSR count). The molecule has 15 heteroatoms. The molecule has 0 bridgehead atoms. The average molecular weight is 656 g/mol. The number of amides is 3. The summed E-state index contributed by atoms with van der Waals surface area (Å²) in [4.78, 5) is 36.6. The van der Waals surface area contributed by atoms with Crippen molar-refractivity contribution >= 4 is 57.2 Å². The van der Waals surface area contributed by atoms with Crippen molar-refractivity contribution in [2.75, 3.05) is 18.7 Å². The second kappa shape index (κ2) is 12.9. The standard InChI is InChI=1S/C26H19BrClF3N4O6/c27-16-2-4-19(18(9-16)26(29,30)31)34-23(36)12-39-20-6-3-17(28)8-15(20)11-33-35-25(38)24(37)32-10-14-1-5-21-22(7-14)41-13-40-21/h1-9,11H,10,12-13H2,(H,32,37)(H,34,36)(H,35,38)/b33-11-. The molecule has 0 unspecified atom stereocenters. The molecule has 214 valence electrons. The summed E-state index contributed by atoms with van der Waals surface area (Å²) in [7, 11) is 0. The zero-order chi connectivity index (χ0) is 29.6. The van der Waals surface area contributed by atoms with Gasteiger partial charge in [0.1, 0.15) is 5.75 Å². The maximum atomic E-state index is 13.3. The van der Waals surface area contributed by atoms with Crippen molar-refractivity contribution in [2.24, 2.45) is 5.10 Å². The van der Waals surface area contributed by atoms with Gasteiger partial charge in [0.2, 0.25) is 6.79 Å². The number of halogens is 5. The number of nitrogens with one attached hydrogen (secondary N) is 3. The second-order valence-corrected chi connectivity index (χ2v) is 9.63. The van der Waals surface area contributed by atoms with Crippen molar-refractivity contribution in [1.82, 2.24) is 10.7 Å². The predicted molar refractivity (Wildman–Crippen MR) is 145 cm³/mol. The summed E-state index contributed by atoms with van der Waals surface area (Å²) in [6.45, 7) is -0.497. The zero-order valence-corrected chi connectivity index (χ0v) is 23.0. The second-order valence-electron chi connectivity index (χ2n) is 8.28. The molecule has 0 atom stereocenters. The molecular weight excluding hydrogens is 637 g/mol. The predicted octanol–water partition coefficient (Wildman–Crippen LogP) is 4.63. The topological polar surface area (TPSA) is 127 Å². The number of ether oxygens (including phenoxy) is 3. The third-order valence-electron chi connectivity index (χ3n) is 5.36. The van der Waals surface area contributed by atoms with E-state index in [1.165, 1.54) is 24.3 Å². The first-order valence-electron chi connectivity index (χ1n) is 11.6. The quantitative estimate of drug-likeness (QED) is 0.185. The number of hydrogen-bond donors (Lipinski definition) is 3. The van der Waals surface area contributed by atoms with Gasteiger partial charge in [-0.25, -0.2) is 5.43 Å². The van der Waals surface area contributed by atoms with Gasteiger partial charge in [0.15, 0.2) is 18.1 Å². The van der Waals surface area contributed by atoms with E-state index in [1.807, 2.05) is 0 Å². The molecule has 0 aromatic heterocycles. The molecule has 0 fully saturated rings. The first kappa shape index (κ1) is 29.7. The van der Waals surface area contributed by atoms with Crippen LogP contribution in [0.3, 0.4) is 0 Å². The Hall–Kier alpha value is -4.30. The average Bonchev–Trinajstić information content (AvgIpc) is 3.39. The first-order chi connectivity index (χ1) is 19.5. The van der Waals surface area contributed by atoms with E-state index >= 15 is 0 Å². The molecule has 1 aliphatic heterocycles. The minimum atomic E-state index is -4.69. The summed E-state index contributed by atoms with van der Waals surface area (Å²) in [6, 6.07) is 12.6. The van der Waals surface area contributed by atoms with Gasteiger partial charge in [-0.1, -0.05) is 33.6 Å². The molecule has 0 saturated heterocycles. The molecular formula is C26H19BrClF3N4O6.